The molecular formula is C17H16BrN3O. The quantitative estimate of drug-likeness (QED) is 0.847. The fourth-order valence-corrected chi connectivity index (χ4v) is 2.47. The molecule has 2 N–H and O–H groups in total. The predicted molar refractivity (Wildman–Crippen MR) is 91.8 cm³/mol. The van der Waals surface area contributed by atoms with Crippen molar-refractivity contribution in [3.8, 4) is 6.07 Å². The second-order valence-corrected chi connectivity index (χ2v) is 5.79. The normalized spacial score (nSPS) is 9.86. The first-order chi connectivity index (χ1) is 10.6. The van der Waals surface area contributed by atoms with Gasteiger partial charge in [-0.25, -0.2) is 0 Å². The lowest BCUT2D eigenvalue weighted by atomic mass is 10.2. The van der Waals surface area contributed by atoms with Gasteiger partial charge in [0.25, 0.3) is 0 Å². The van der Waals surface area contributed by atoms with Crippen LogP contribution in [0.5, 0.6) is 0 Å². The number of carbonyl (C=O) groups is 1. The number of anilines is 2. The molecule has 0 heterocycles. The molecule has 0 bridgehead atoms. The number of aryl methyl sites for hydroxylation is 1. The number of nitrogens with zero attached hydrogens (tertiary/aromatic N) is 1. The van der Waals surface area contributed by atoms with Crippen LogP contribution in [-0.4, -0.2) is 12.5 Å². The zero-order valence-electron chi connectivity index (χ0n) is 12.2. The average Bonchev–Trinajstić information content (AvgIpc) is 2.50. The number of nitriles is 1. The lowest BCUT2D eigenvalue weighted by Crippen LogP contribution is -2.16. The predicted octanol–water partition coefficient (Wildman–Crippen LogP) is 4.07. The Labute approximate surface area is 138 Å². The minimum Gasteiger partial charge on any atom is -0.384 e. The van der Waals surface area contributed by atoms with E-state index in [9.17, 15) is 4.79 Å². The highest BCUT2D eigenvalue weighted by Gasteiger charge is 2.05. The smallest absolute Gasteiger partial charge is 0.226 e. The van der Waals surface area contributed by atoms with Crippen LogP contribution in [0.4, 0.5) is 11.4 Å². The summed E-state index contributed by atoms with van der Waals surface area (Å²) in [6, 6.07) is 15.0. The van der Waals surface area contributed by atoms with E-state index >= 15 is 0 Å². The van der Waals surface area contributed by atoms with E-state index in [1.807, 2.05) is 37.3 Å². The maximum atomic E-state index is 11.9. The second kappa shape index (κ2) is 7.62. The highest BCUT2D eigenvalue weighted by atomic mass is 79.9. The molecule has 0 radical (unpaired) electrons. The van der Waals surface area contributed by atoms with Crippen LogP contribution in [-0.2, 0) is 4.79 Å². The molecule has 0 fully saturated rings. The second-order valence-electron chi connectivity index (χ2n) is 4.88. The van der Waals surface area contributed by atoms with Crippen molar-refractivity contribution >= 4 is 33.2 Å². The van der Waals surface area contributed by atoms with Crippen LogP contribution in [0.3, 0.4) is 0 Å². The molecule has 1 amide bonds. The van der Waals surface area contributed by atoms with Crippen LogP contribution in [0.2, 0.25) is 0 Å². The first-order valence-electron chi connectivity index (χ1n) is 6.88. The Bertz CT molecular complexity index is 722. The topological polar surface area (TPSA) is 64.9 Å². The van der Waals surface area contributed by atoms with Crippen molar-refractivity contribution < 1.29 is 4.79 Å². The van der Waals surface area contributed by atoms with Crippen molar-refractivity contribution in [2.24, 2.45) is 0 Å². The summed E-state index contributed by atoms with van der Waals surface area (Å²) < 4.78 is 0.988. The van der Waals surface area contributed by atoms with Crippen LogP contribution in [0.15, 0.2) is 46.9 Å². The Morgan fingerprint density at radius 1 is 1.27 bits per heavy atom. The summed E-state index contributed by atoms with van der Waals surface area (Å²) in [5, 5.41) is 14.9. The van der Waals surface area contributed by atoms with E-state index in [1.54, 1.807) is 12.1 Å². The van der Waals surface area contributed by atoms with Crippen LogP contribution in [0.25, 0.3) is 0 Å². The molecule has 0 aromatic heterocycles. The van der Waals surface area contributed by atoms with Gasteiger partial charge in [0.1, 0.15) is 0 Å². The molecule has 5 heteroatoms. The van der Waals surface area contributed by atoms with Gasteiger partial charge in [0.2, 0.25) is 5.91 Å². The number of hydrogen-bond acceptors (Lipinski definition) is 3. The average molecular weight is 358 g/mol. The zero-order chi connectivity index (χ0) is 15.9. The molecule has 0 saturated heterocycles. The molecule has 0 aliphatic rings. The van der Waals surface area contributed by atoms with Gasteiger partial charge < -0.3 is 10.6 Å². The molecule has 4 nitrogen and oxygen atoms in total. The van der Waals surface area contributed by atoms with Crippen LogP contribution < -0.4 is 10.6 Å². The molecule has 0 aliphatic heterocycles. The van der Waals surface area contributed by atoms with Gasteiger partial charge in [-0.15, -0.1) is 0 Å². The van der Waals surface area contributed by atoms with Gasteiger partial charge in [0.15, 0.2) is 0 Å². The number of hydrogen-bond donors (Lipinski definition) is 2. The number of halogens is 1. The fraction of sp³-hybridized carbons (Fsp3) is 0.176. The Kier molecular flexibility index (Phi) is 5.56. The van der Waals surface area contributed by atoms with Gasteiger partial charge in [0.05, 0.1) is 11.6 Å². The number of nitrogens with one attached hydrogen (secondary N) is 2. The molecular weight excluding hydrogens is 342 g/mol. The van der Waals surface area contributed by atoms with Crippen molar-refractivity contribution in [2.75, 3.05) is 17.2 Å². The molecule has 0 spiro atoms. The molecule has 2 aromatic carbocycles. The third kappa shape index (κ3) is 4.61. The summed E-state index contributed by atoms with van der Waals surface area (Å²) in [6.45, 7) is 2.46. The maximum Gasteiger partial charge on any atom is 0.226 e. The third-order valence-electron chi connectivity index (χ3n) is 3.14. The highest BCUT2D eigenvalue weighted by Crippen LogP contribution is 2.20. The van der Waals surface area contributed by atoms with E-state index in [0.717, 1.165) is 21.4 Å². The summed E-state index contributed by atoms with van der Waals surface area (Å²) >= 11 is 3.40. The van der Waals surface area contributed by atoms with Crippen molar-refractivity contribution in [1.29, 1.82) is 5.26 Å². The Hall–Kier alpha value is -2.32. The molecule has 0 saturated carbocycles. The van der Waals surface area contributed by atoms with Crippen LogP contribution in [0.1, 0.15) is 17.5 Å². The van der Waals surface area contributed by atoms with Gasteiger partial charge in [-0.05, 0) is 48.9 Å². The highest BCUT2D eigenvalue weighted by molar-refractivity contribution is 9.10. The lowest BCUT2D eigenvalue weighted by Gasteiger charge is -2.10. The first-order valence-corrected chi connectivity index (χ1v) is 7.68. The van der Waals surface area contributed by atoms with E-state index < -0.39 is 0 Å². The Balaban J connectivity index is 1.84. The summed E-state index contributed by atoms with van der Waals surface area (Å²) in [5.41, 5.74) is 3.27. The van der Waals surface area contributed by atoms with Crippen LogP contribution in [0, 0.1) is 18.3 Å². The van der Waals surface area contributed by atoms with Gasteiger partial charge in [0, 0.05) is 28.8 Å². The Morgan fingerprint density at radius 2 is 2.09 bits per heavy atom. The number of carbonyl (C=O) groups excluding carboxylic acids is 1. The minimum absolute atomic E-state index is 0.0469. The van der Waals surface area contributed by atoms with E-state index in [0.29, 0.717) is 18.5 Å². The SMILES string of the molecule is Cc1cc(Br)ccc1NC(=O)CCNc1cccc(C#N)c1. The zero-order valence-corrected chi connectivity index (χ0v) is 13.8. The standard InChI is InChI=1S/C17H16BrN3O/c1-12-9-14(18)5-6-16(12)21-17(22)7-8-20-15-4-2-3-13(10-15)11-19/h2-6,9-10,20H,7-8H2,1H3,(H,21,22). The van der Waals surface area contributed by atoms with E-state index in [2.05, 4.69) is 32.6 Å². The lowest BCUT2D eigenvalue weighted by molar-refractivity contribution is -0.115. The summed E-state index contributed by atoms with van der Waals surface area (Å²) in [4.78, 5) is 11.9. The van der Waals surface area contributed by atoms with E-state index in [4.69, 9.17) is 5.26 Å². The summed E-state index contributed by atoms with van der Waals surface area (Å²) in [7, 11) is 0. The largest absolute Gasteiger partial charge is 0.384 e. The van der Waals surface area contributed by atoms with Crippen LogP contribution >= 0.6 is 15.9 Å². The monoisotopic (exact) mass is 357 g/mol. The molecule has 2 aromatic rings. The summed E-state index contributed by atoms with van der Waals surface area (Å²) in [5.74, 6) is -0.0469. The van der Waals surface area contributed by atoms with E-state index in [1.165, 1.54) is 0 Å². The number of benzene rings is 2. The van der Waals surface area contributed by atoms with Gasteiger partial charge >= 0.3 is 0 Å². The summed E-state index contributed by atoms with van der Waals surface area (Å²) in [6.07, 6.45) is 0.353. The minimum atomic E-state index is -0.0469. The third-order valence-corrected chi connectivity index (χ3v) is 3.63. The molecule has 0 aliphatic carbocycles. The molecule has 22 heavy (non-hydrogen) atoms. The van der Waals surface area contributed by atoms with Crippen molar-refractivity contribution in [2.45, 2.75) is 13.3 Å². The number of rotatable bonds is 5. The van der Waals surface area contributed by atoms with E-state index in [-0.39, 0.29) is 5.91 Å². The van der Waals surface area contributed by atoms with Crippen molar-refractivity contribution in [1.82, 2.24) is 0 Å². The van der Waals surface area contributed by atoms with Gasteiger partial charge in [-0.1, -0.05) is 22.0 Å². The maximum absolute atomic E-state index is 11.9. The van der Waals surface area contributed by atoms with Gasteiger partial charge in [-0.2, -0.15) is 5.26 Å². The molecule has 2 rings (SSSR count). The molecule has 112 valence electrons. The molecule has 0 unspecified atom stereocenters. The Morgan fingerprint density at radius 3 is 2.82 bits per heavy atom. The first kappa shape index (κ1) is 16.1. The fourth-order valence-electron chi connectivity index (χ4n) is 2.00. The molecule has 0 atom stereocenters. The number of amides is 1. The van der Waals surface area contributed by atoms with Gasteiger partial charge in [-0.3, -0.25) is 4.79 Å². The van der Waals surface area contributed by atoms with Crippen molar-refractivity contribution in [3.05, 3.63) is 58.1 Å². The van der Waals surface area contributed by atoms with Crippen molar-refractivity contribution in [3.63, 3.8) is 0 Å².